The predicted octanol–water partition coefficient (Wildman–Crippen LogP) is 3.19. The van der Waals surface area contributed by atoms with Gasteiger partial charge >= 0.3 is 0 Å². The van der Waals surface area contributed by atoms with Crippen molar-refractivity contribution in [2.24, 2.45) is 0 Å². The highest BCUT2D eigenvalue weighted by Crippen LogP contribution is 2.33. The van der Waals surface area contributed by atoms with Gasteiger partial charge in [0.05, 0.1) is 4.92 Å². The topological polar surface area (TPSA) is 75.5 Å². The molecule has 2 aromatic carbocycles. The van der Waals surface area contributed by atoms with Crippen LogP contribution in [0.1, 0.15) is 34.3 Å². The molecule has 0 radical (unpaired) electrons. The molecule has 4 rings (SSSR count). The third kappa shape index (κ3) is 3.24. The van der Waals surface area contributed by atoms with Gasteiger partial charge in [0.2, 0.25) is 0 Å². The van der Waals surface area contributed by atoms with Crippen molar-refractivity contribution < 1.29 is 14.1 Å². The Labute approximate surface area is 149 Å². The van der Waals surface area contributed by atoms with E-state index >= 15 is 0 Å². The van der Waals surface area contributed by atoms with Crippen LogP contribution in [0, 0.1) is 15.9 Å². The molecular weight excluding hydrogens is 337 g/mol. The molecule has 0 unspecified atom stereocenters. The number of fused-ring (bicyclic) bond motifs is 1. The highest BCUT2D eigenvalue weighted by Gasteiger charge is 2.27. The summed E-state index contributed by atoms with van der Waals surface area (Å²) in [6, 6.07) is 9.44. The number of nitrogens with zero attached hydrogens (tertiary/aromatic N) is 2. The zero-order valence-electron chi connectivity index (χ0n) is 14.1. The number of benzene rings is 2. The van der Waals surface area contributed by atoms with Gasteiger partial charge in [-0.2, -0.15) is 0 Å². The average molecular weight is 355 g/mol. The molecule has 7 heteroatoms. The summed E-state index contributed by atoms with van der Waals surface area (Å²) in [5.41, 5.74) is 2.59. The minimum Gasteiger partial charge on any atom is -0.361 e. The molecule has 0 aromatic heterocycles. The van der Waals surface area contributed by atoms with Gasteiger partial charge in [-0.15, -0.1) is 0 Å². The second-order valence-electron chi connectivity index (χ2n) is 6.79. The zero-order chi connectivity index (χ0) is 18.3. The van der Waals surface area contributed by atoms with E-state index in [-0.39, 0.29) is 23.5 Å². The standard InChI is InChI=1S/C19H18FN3O3/c20-15-3-1-14-11-22(8-7-12(14)9-15)17-6-2-13(10-18(17)23(25)26)19(24)21-16-4-5-16/h1-3,6,9-10,16H,4-5,7-8,11H2,(H,21,24). The van der Waals surface area contributed by atoms with Crippen LogP contribution >= 0.6 is 0 Å². The SMILES string of the molecule is O=C(NC1CC1)c1ccc(N2CCc3cc(F)ccc3C2)c([N+](=O)[O-])c1. The highest BCUT2D eigenvalue weighted by atomic mass is 19.1. The van der Waals surface area contributed by atoms with Crippen molar-refractivity contribution in [2.45, 2.75) is 31.8 Å². The van der Waals surface area contributed by atoms with Crippen LogP contribution in [-0.4, -0.2) is 23.4 Å². The number of anilines is 1. The molecule has 26 heavy (non-hydrogen) atoms. The fourth-order valence-corrected chi connectivity index (χ4v) is 3.30. The Morgan fingerprint density at radius 1 is 1.19 bits per heavy atom. The summed E-state index contributed by atoms with van der Waals surface area (Å²) in [4.78, 5) is 25.2. The van der Waals surface area contributed by atoms with Gasteiger partial charge in [-0.1, -0.05) is 6.07 Å². The number of carbonyl (C=O) groups excluding carboxylic acids is 1. The van der Waals surface area contributed by atoms with Crippen molar-refractivity contribution in [3.8, 4) is 0 Å². The Morgan fingerprint density at radius 2 is 2.00 bits per heavy atom. The van der Waals surface area contributed by atoms with Gasteiger partial charge in [0.15, 0.2) is 0 Å². The Balaban J connectivity index is 1.62. The van der Waals surface area contributed by atoms with E-state index in [4.69, 9.17) is 0 Å². The second kappa shape index (κ2) is 6.40. The summed E-state index contributed by atoms with van der Waals surface area (Å²) in [6.07, 6.45) is 2.54. The third-order valence-electron chi connectivity index (χ3n) is 4.87. The van der Waals surface area contributed by atoms with Crippen LogP contribution in [0.15, 0.2) is 36.4 Å². The number of carbonyl (C=O) groups is 1. The lowest BCUT2D eigenvalue weighted by molar-refractivity contribution is -0.384. The Morgan fingerprint density at radius 3 is 2.73 bits per heavy atom. The molecule has 0 spiro atoms. The molecule has 6 nitrogen and oxygen atoms in total. The van der Waals surface area contributed by atoms with Crippen molar-refractivity contribution in [3.05, 3.63) is 69.0 Å². The number of nitrogens with one attached hydrogen (secondary N) is 1. The van der Waals surface area contributed by atoms with Crippen LogP contribution in [0.3, 0.4) is 0 Å². The number of nitro benzene ring substituents is 1. The number of hydrogen-bond acceptors (Lipinski definition) is 4. The lowest BCUT2D eigenvalue weighted by Gasteiger charge is -2.30. The first kappa shape index (κ1) is 16.5. The molecule has 1 aliphatic carbocycles. The number of halogens is 1. The monoisotopic (exact) mass is 355 g/mol. The van der Waals surface area contributed by atoms with Gasteiger partial charge in [-0.3, -0.25) is 14.9 Å². The maximum Gasteiger partial charge on any atom is 0.293 e. The fraction of sp³-hybridized carbons (Fsp3) is 0.316. The maximum atomic E-state index is 13.4. The van der Waals surface area contributed by atoms with Gasteiger partial charge in [0, 0.05) is 30.8 Å². The Bertz CT molecular complexity index is 896. The van der Waals surface area contributed by atoms with Crippen LogP contribution in [0.2, 0.25) is 0 Å². The quantitative estimate of drug-likeness (QED) is 0.675. The van der Waals surface area contributed by atoms with Gasteiger partial charge in [0.1, 0.15) is 11.5 Å². The Hall–Kier alpha value is -2.96. The minimum absolute atomic E-state index is 0.0843. The van der Waals surface area contributed by atoms with Gasteiger partial charge < -0.3 is 10.2 Å². The first-order chi connectivity index (χ1) is 12.5. The number of hydrogen-bond donors (Lipinski definition) is 1. The van der Waals surface area contributed by atoms with E-state index < -0.39 is 4.92 Å². The summed E-state index contributed by atoms with van der Waals surface area (Å²) in [5, 5.41) is 14.4. The molecule has 1 aliphatic heterocycles. The molecule has 2 aromatic rings. The van der Waals surface area contributed by atoms with Crippen LogP contribution in [0.5, 0.6) is 0 Å². The first-order valence-corrected chi connectivity index (χ1v) is 8.63. The van der Waals surface area contributed by atoms with Gasteiger partial charge in [-0.25, -0.2) is 4.39 Å². The lowest BCUT2D eigenvalue weighted by atomic mass is 9.98. The van der Waals surface area contributed by atoms with Gasteiger partial charge in [0.25, 0.3) is 11.6 Å². The van der Waals surface area contributed by atoms with E-state index in [1.165, 1.54) is 18.2 Å². The van der Waals surface area contributed by atoms with Crippen LogP contribution < -0.4 is 10.2 Å². The second-order valence-corrected chi connectivity index (χ2v) is 6.79. The number of rotatable bonds is 4. The van der Waals surface area contributed by atoms with E-state index in [0.29, 0.717) is 30.8 Å². The fourth-order valence-electron chi connectivity index (χ4n) is 3.30. The normalized spacial score (nSPS) is 16.1. The molecule has 0 atom stereocenters. The summed E-state index contributed by atoms with van der Waals surface area (Å²) in [5.74, 6) is -0.546. The highest BCUT2D eigenvalue weighted by molar-refractivity contribution is 5.96. The summed E-state index contributed by atoms with van der Waals surface area (Å²) >= 11 is 0. The number of nitro groups is 1. The lowest BCUT2D eigenvalue weighted by Crippen LogP contribution is -2.31. The zero-order valence-corrected chi connectivity index (χ0v) is 14.1. The average Bonchev–Trinajstić information content (AvgIpc) is 3.44. The largest absolute Gasteiger partial charge is 0.361 e. The van der Waals surface area contributed by atoms with E-state index in [9.17, 15) is 19.3 Å². The molecular formula is C19H18FN3O3. The van der Waals surface area contributed by atoms with E-state index in [0.717, 1.165) is 24.0 Å². The van der Waals surface area contributed by atoms with Crippen LogP contribution in [0.25, 0.3) is 0 Å². The summed E-state index contributed by atoms with van der Waals surface area (Å²) < 4.78 is 13.4. The van der Waals surface area contributed by atoms with Crippen LogP contribution in [-0.2, 0) is 13.0 Å². The van der Waals surface area contributed by atoms with Crippen molar-refractivity contribution in [1.82, 2.24) is 5.32 Å². The molecule has 1 saturated carbocycles. The molecule has 0 bridgehead atoms. The molecule has 1 heterocycles. The summed E-state index contributed by atoms with van der Waals surface area (Å²) in [6.45, 7) is 1.04. The van der Waals surface area contributed by atoms with Crippen molar-refractivity contribution in [1.29, 1.82) is 0 Å². The van der Waals surface area contributed by atoms with Crippen molar-refractivity contribution in [3.63, 3.8) is 0 Å². The maximum absolute atomic E-state index is 13.4. The molecule has 134 valence electrons. The molecule has 0 saturated heterocycles. The van der Waals surface area contributed by atoms with E-state index in [2.05, 4.69) is 5.32 Å². The number of amides is 1. The van der Waals surface area contributed by atoms with Crippen LogP contribution in [0.4, 0.5) is 15.8 Å². The van der Waals surface area contributed by atoms with E-state index in [1.807, 2.05) is 4.90 Å². The third-order valence-corrected chi connectivity index (χ3v) is 4.87. The molecule has 1 fully saturated rings. The van der Waals surface area contributed by atoms with Crippen molar-refractivity contribution >= 4 is 17.3 Å². The molecule has 2 aliphatic rings. The smallest absolute Gasteiger partial charge is 0.293 e. The predicted molar refractivity (Wildman–Crippen MR) is 94.7 cm³/mol. The molecule has 1 N–H and O–H groups in total. The van der Waals surface area contributed by atoms with Gasteiger partial charge in [-0.05, 0) is 54.7 Å². The Kier molecular flexibility index (Phi) is 4.06. The first-order valence-electron chi connectivity index (χ1n) is 8.63. The molecule has 1 amide bonds. The van der Waals surface area contributed by atoms with E-state index in [1.54, 1.807) is 18.2 Å². The van der Waals surface area contributed by atoms with Crippen molar-refractivity contribution in [2.75, 3.05) is 11.4 Å². The summed E-state index contributed by atoms with van der Waals surface area (Å²) in [7, 11) is 0. The minimum atomic E-state index is -0.455.